The van der Waals surface area contributed by atoms with Crippen LogP contribution in [0.5, 0.6) is 0 Å². The van der Waals surface area contributed by atoms with Crippen LogP contribution in [0.1, 0.15) is 5.56 Å². The standard InChI is InChI=1S/C12H15NO2/c1-2-4-9(5-3-1)8-14-10-6-13-7-11-12(10)15-11/h1-5,10-13H,6-8H2/t10-,11+,12+/m0/s1. The molecule has 3 heteroatoms. The SMILES string of the molecule is c1ccc(CO[C@H]2CNC[C@H]3O[C@H]23)cc1. The van der Waals surface area contributed by atoms with Gasteiger partial charge < -0.3 is 14.8 Å². The third kappa shape index (κ3) is 2.04. The second kappa shape index (κ2) is 3.93. The summed E-state index contributed by atoms with van der Waals surface area (Å²) in [6, 6.07) is 10.3. The normalized spacial score (nSPS) is 33.5. The average molecular weight is 205 g/mol. The lowest BCUT2D eigenvalue weighted by atomic mass is 10.1. The molecule has 3 rings (SSSR count). The Morgan fingerprint density at radius 2 is 2.13 bits per heavy atom. The van der Waals surface area contributed by atoms with E-state index in [-0.39, 0.29) is 6.10 Å². The van der Waals surface area contributed by atoms with E-state index in [9.17, 15) is 0 Å². The quantitative estimate of drug-likeness (QED) is 0.746. The summed E-state index contributed by atoms with van der Waals surface area (Å²) in [6.07, 6.45) is 0.971. The molecule has 2 aliphatic rings. The Morgan fingerprint density at radius 3 is 3.00 bits per heavy atom. The maximum Gasteiger partial charge on any atom is 0.113 e. The fraction of sp³-hybridized carbons (Fsp3) is 0.500. The summed E-state index contributed by atoms with van der Waals surface area (Å²) < 4.78 is 11.3. The first-order chi connectivity index (χ1) is 7.43. The van der Waals surface area contributed by atoms with Crippen molar-refractivity contribution in [3.63, 3.8) is 0 Å². The minimum atomic E-state index is 0.226. The molecule has 0 unspecified atom stereocenters. The van der Waals surface area contributed by atoms with E-state index in [1.165, 1.54) is 5.56 Å². The first-order valence-corrected chi connectivity index (χ1v) is 5.45. The van der Waals surface area contributed by atoms with Crippen LogP contribution in [0.4, 0.5) is 0 Å². The highest BCUT2D eigenvalue weighted by Gasteiger charge is 2.47. The van der Waals surface area contributed by atoms with E-state index in [0.29, 0.717) is 18.8 Å². The molecule has 0 saturated carbocycles. The zero-order valence-electron chi connectivity index (χ0n) is 8.56. The molecule has 1 aromatic rings. The number of ether oxygens (including phenoxy) is 2. The predicted octanol–water partition coefficient (Wildman–Crippen LogP) is 0.942. The predicted molar refractivity (Wildman–Crippen MR) is 56.5 cm³/mol. The van der Waals surface area contributed by atoms with Gasteiger partial charge in [-0.2, -0.15) is 0 Å². The minimum absolute atomic E-state index is 0.226. The van der Waals surface area contributed by atoms with Crippen LogP contribution < -0.4 is 5.32 Å². The Bertz CT molecular complexity index is 328. The third-order valence-electron chi connectivity index (χ3n) is 2.99. The number of fused-ring (bicyclic) bond motifs is 1. The van der Waals surface area contributed by atoms with Gasteiger partial charge >= 0.3 is 0 Å². The highest BCUT2D eigenvalue weighted by atomic mass is 16.6. The maximum absolute atomic E-state index is 5.84. The number of benzene rings is 1. The zero-order valence-corrected chi connectivity index (χ0v) is 8.56. The van der Waals surface area contributed by atoms with Crippen LogP contribution >= 0.6 is 0 Å². The minimum Gasteiger partial charge on any atom is -0.369 e. The summed E-state index contributed by atoms with van der Waals surface area (Å²) >= 11 is 0. The monoisotopic (exact) mass is 205 g/mol. The van der Waals surface area contributed by atoms with E-state index in [4.69, 9.17) is 9.47 Å². The summed E-state index contributed by atoms with van der Waals surface area (Å²) in [5.74, 6) is 0. The van der Waals surface area contributed by atoms with Crippen molar-refractivity contribution in [2.24, 2.45) is 0 Å². The average Bonchev–Trinajstić information content (AvgIpc) is 3.07. The van der Waals surface area contributed by atoms with Crippen molar-refractivity contribution in [3.05, 3.63) is 35.9 Å². The fourth-order valence-electron chi connectivity index (χ4n) is 2.06. The van der Waals surface area contributed by atoms with E-state index >= 15 is 0 Å². The van der Waals surface area contributed by atoms with Crippen molar-refractivity contribution in [2.75, 3.05) is 13.1 Å². The highest BCUT2D eigenvalue weighted by molar-refractivity contribution is 5.13. The molecule has 2 saturated heterocycles. The summed E-state index contributed by atoms with van der Waals surface area (Å²) in [7, 11) is 0. The molecule has 0 aromatic heterocycles. The van der Waals surface area contributed by atoms with Gasteiger partial charge in [0.15, 0.2) is 0 Å². The number of nitrogens with one attached hydrogen (secondary N) is 1. The van der Waals surface area contributed by atoms with Crippen molar-refractivity contribution >= 4 is 0 Å². The van der Waals surface area contributed by atoms with Gasteiger partial charge in [-0.25, -0.2) is 0 Å². The first kappa shape index (κ1) is 9.33. The van der Waals surface area contributed by atoms with Gasteiger partial charge in [-0.05, 0) is 5.56 Å². The number of piperidine rings is 1. The third-order valence-corrected chi connectivity index (χ3v) is 2.99. The van der Waals surface area contributed by atoms with Crippen molar-refractivity contribution < 1.29 is 9.47 Å². The molecule has 0 amide bonds. The largest absolute Gasteiger partial charge is 0.369 e. The van der Waals surface area contributed by atoms with Gasteiger partial charge in [0, 0.05) is 13.1 Å². The summed E-state index contributed by atoms with van der Waals surface area (Å²) in [5.41, 5.74) is 1.22. The number of hydrogen-bond acceptors (Lipinski definition) is 3. The Morgan fingerprint density at radius 1 is 1.27 bits per heavy atom. The number of hydrogen-bond donors (Lipinski definition) is 1. The van der Waals surface area contributed by atoms with E-state index in [1.54, 1.807) is 0 Å². The van der Waals surface area contributed by atoms with Crippen molar-refractivity contribution in [1.82, 2.24) is 5.32 Å². The fourth-order valence-corrected chi connectivity index (χ4v) is 2.06. The molecule has 0 aliphatic carbocycles. The second-order valence-electron chi connectivity index (χ2n) is 4.13. The van der Waals surface area contributed by atoms with Gasteiger partial charge in [-0.1, -0.05) is 30.3 Å². The van der Waals surface area contributed by atoms with Gasteiger partial charge in [0.1, 0.15) is 6.10 Å². The summed E-state index contributed by atoms with van der Waals surface area (Å²) in [6.45, 7) is 2.57. The van der Waals surface area contributed by atoms with Crippen LogP contribution in [0.2, 0.25) is 0 Å². The molecular formula is C12H15NO2. The lowest BCUT2D eigenvalue weighted by molar-refractivity contribution is 0.0211. The van der Waals surface area contributed by atoms with Gasteiger partial charge in [-0.3, -0.25) is 0 Å². The van der Waals surface area contributed by atoms with Crippen LogP contribution in [-0.2, 0) is 16.1 Å². The molecule has 1 aromatic carbocycles. The van der Waals surface area contributed by atoms with Crippen molar-refractivity contribution in [3.8, 4) is 0 Å². The van der Waals surface area contributed by atoms with Gasteiger partial charge in [-0.15, -0.1) is 0 Å². The van der Waals surface area contributed by atoms with E-state index < -0.39 is 0 Å². The molecular weight excluding hydrogens is 190 g/mol. The van der Waals surface area contributed by atoms with E-state index in [0.717, 1.165) is 13.1 Å². The van der Waals surface area contributed by atoms with Crippen LogP contribution in [0.25, 0.3) is 0 Å². The second-order valence-corrected chi connectivity index (χ2v) is 4.13. The Kier molecular flexibility index (Phi) is 2.44. The summed E-state index contributed by atoms with van der Waals surface area (Å²) in [4.78, 5) is 0. The molecule has 2 heterocycles. The van der Waals surface area contributed by atoms with Crippen LogP contribution in [-0.4, -0.2) is 31.4 Å². The van der Waals surface area contributed by atoms with Gasteiger partial charge in [0.25, 0.3) is 0 Å². The molecule has 15 heavy (non-hydrogen) atoms. The van der Waals surface area contributed by atoms with Gasteiger partial charge in [0.05, 0.1) is 18.8 Å². The van der Waals surface area contributed by atoms with Crippen LogP contribution in [0, 0.1) is 0 Å². The topological polar surface area (TPSA) is 33.8 Å². The van der Waals surface area contributed by atoms with Crippen molar-refractivity contribution in [2.45, 2.75) is 24.9 Å². The first-order valence-electron chi connectivity index (χ1n) is 5.45. The van der Waals surface area contributed by atoms with E-state index in [1.807, 2.05) is 18.2 Å². The zero-order chi connectivity index (χ0) is 10.1. The molecule has 3 atom stereocenters. The Balaban J connectivity index is 1.54. The molecule has 2 aliphatic heterocycles. The number of rotatable bonds is 3. The highest BCUT2D eigenvalue weighted by Crippen LogP contribution is 2.29. The lowest BCUT2D eigenvalue weighted by Crippen LogP contribution is -2.41. The molecule has 0 bridgehead atoms. The maximum atomic E-state index is 5.84. The summed E-state index contributed by atoms with van der Waals surface area (Å²) in [5, 5.41) is 3.31. The molecule has 2 fully saturated rings. The smallest absolute Gasteiger partial charge is 0.113 e. The molecule has 0 spiro atoms. The molecule has 0 radical (unpaired) electrons. The Hall–Kier alpha value is -0.900. The van der Waals surface area contributed by atoms with Gasteiger partial charge in [0.2, 0.25) is 0 Å². The van der Waals surface area contributed by atoms with E-state index in [2.05, 4.69) is 17.4 Å². The number of epoxide rings is 1. The van der Waals surface area contributed by atoms with Crippen molar-refractivity contribution in [1.29, 1.82) is 0 Å². The Labute approximate surface area is 89.4 Å². The van der Waals surface area contributed by atoms with Crippen LogP contribution in [0.15, 0.2) is 30.3 Å². The molecule has 80 valence electrons. The van der Waals surface area contributed by atoms with Crippen LogP contribution in [0.3, 0.4) is 0 Å². The lowest BCUT2D eigenvalue weighted by Gasteiger charge is -2.19. The molecule has 1 N–H and O–H groups in total. The molecule has 3 nitrogen and oxygen atoms in total.